The van der Waals surface area contributed by atoms with Gasteiger partial charge in [-0.25, -0.2) is 0 Å². The Bertz CT molecular complexity index is 654. The number of hydrogen-bond donors (Lipinski definition) is 0. The van der Waals surface area contributed by atoms with Crippen LogP contribution in [0.2, 0.25) is 0 Å². The number of methoxy groups -OCH3 is 1. The summed E-state index contributed by atoms with van der Waals surface area (Å²) < 4.78 is 11.5. The maximum atomic E-state index is 12.4. The molecule has 4 nitrogen and oxygen atoms in total. The summed E-state index contributed by atoms with van der Waals surface area (Å²) in [7, 11) is 1.61. The average Bonchev–Trinajstić information content (AvgIpc) is 2.59. The van der Waals surface area contributed by atoms with Gasteiger partial charge in [0.25, 0.3) is 5.91 Å². The number of carbonyl (C=O) groups is 1. The molecule has 0 N–H and O–H groups in total. The van der Waals surface area contributed by atoms with E-state index in [2.05, 4.69) is 24.6 Å². The van der Waals surface area contributed by atoms with Crippen molar-refractivity contribution >= 4 is 5.91 Å². The molecule has 0 radical (unpaired) electrons. The van der Waals surface area contributed by atoms with Crippen molar-refractivity contribution in [2.45, 2.75) is 25.2 Å². The summed E-state index contributed by atoms with van der Waals surface area (Å²) in [5.74, 6) is 0.578. The molecule has 1 saturated heterocycles. The largest absolute Gasteiger partial charge is 0.478 e. The van der Waals surface area contributed by atoms with Crippen LogP contribution < -0.4 is 4.74 Å². The van der Waals surface area contributed by atoms with Crippen LogP contribution in [0.5, 0.6) is 5.75 Å². The second-order valence-corrected chi connectivity index (χ2v) is 5.26. The molecule has 0 aliphatic carbocycles. The molecule has 0 aromatic heterocycles. The Kier molecular flexibility index (Phi) is 5.61. The molecule has 0 bridgehead atoms. The number of likely N-dealkylation sites (tertiary alicyclic amines) is 1. The zero-order valence-electron chi connectivity index (χ0n) is 13.5. The molecule has 1 heterocycles. The van der Waals surface area contributed by atoms with E-state index < -0.39 is 6.10 Å². The predicted molar refractivity (Wildman–Crippen MR) is 89.2 cm³/mol. The molecule has 0 unspecified atom stereocenters. The first kappa shape index (κ1) is 16.9. The maximum Gasteiger partial charge on any atom is 0.266 e. The molecule has 0 spiro atoms. The summed E-state index contributed by atoms with van der Waals surface area (Å²) in [6.07, 6.45) is 0.796. The lowest BCUT2D eigenvalue weighted by Crippen LogP contribution is -2.71. The minimum atomic E-state index is -0.594. The maximum absolute atomic E-state index is 12.4. The van der Waals surface area contributed by atoms with Crippen molar-refractivity contribution in [2.75, 3.05) is 13.7 Å². The van der Waals surface area contributed by atoms with Crippen molar-refractivity contribution in [3.63, 3.8) is 0 Å². The summed E-state index contributed by atoms with van der Waals surface area (Å²) in [4.78, 5) is 14.1. The highest BCUT2D eigenvalue weighted by atomic mass is 16.5. The monoisotopic (exact) mass is 311 g/mol. The van der Waals surface area contributed by atoms with Crippen LogP contribution in [-0.2, 0) is 9.53 Å². The van der Waals surface area contributed by atoms with Gasteiger partial charge in [0.1, 0.15) is 17.9 Å². The number of carbonyl (C=O) groups excluding carboxylic acids is 1. The number of ether oxygens (including phenoxy) is 2. The van der Waals surface area contributed by atoms with Crippen LogP contribution in [0.4, 0.5) is 0 Å². The van der Waals surface area contributed by atoms with E-state index in [0.717, 1.165) is 5.57 Å². The van der Waals surface area contributed by atoms with Crippen molar-refractivity contribution in [1.82, 2.24) is 4.90 Å². The van der Waals surface area contributed by atoms with Crippen LogP contribution in [0.3, 0.4) is 0 Å². The quantitative estimate of drug-likeness (QED) is 0.574. The molecule has 2 rings (SSSR count). The van der Waals surface area contributed by atoms with Crippen molar-refractivity contribution in [2.24, 2.45) is 0 Å². The summed E-state index contributed by atoms with van der Waals surface area (Å²) in [5.41, 5.74) is 6.37. The number of hydrogen-bond acceptors (Lipinski definition) is 3. The lowest BCUT2D eigenvalue weighted by atomic mass is 9.88. The lowest BCUT2D eigenvalue weighted by Gasteiger charge is -2.48. The van der Waals surface area contributed by atoms with Gasteiger partial charge in [-0.05, 0) is 30.7 Å². The van der Waals surface area contributed by atoms with E-state index in [1.165, 1.54) is 0 Å². The highest BCUT2D eigenvalue weighted by molar-refractivity contribution is 5.89. The molecular formula is C19H21NO3. The first-order valence-corrected chi connectivity index (χ1v) is 7.39. The molecule has 1 amide bonds. The van der Waals surface area contributed by atoms with E-state index in [4.69, 9.17) is 9.47 Å². The average molecular weight is 311 g/mol. The van der Waals surface area contributed by atoms with Gasteiger partial charge >= 0.3 is 0 Å². The Labute approximate surface area is 137 Å². The fraction of sp³-hybridized carbons (Fsp3) is 0.316. The van der Waals surface area contributed by atoms with Crippen LogP contribution in [0.25, 0.3) is 0 Å². The van der Waals surface area contributed by atoms with E-state index >= 15 is 0 Å². The molecule has 23 heavy (non-hydrogen) atoms. The Balaban J connectivity index is 2.26. The number of benzene rings is 1. The Morgan fingerprint density at radius 1 is 1.39 bits per heavy atom. The third kappa shape index (κ3) is 3.46. The van der Waals surface area contributed by atoms with Crippen LogP contribution in [0.15, 0.2) is 66.6 Å². The van der Waals surface area contributed by atoms with Gasteiger partial charge in [0, 0.05) is 13.7 Å². The summed E-state index contributed by atoms with van der Waals surface area (Å²) in [5, 5.41) is 0. The van der Waals surface area contributed by atoms with Gasteiger partial charge in [-0.2, -0.15) is 0 Å². The van der Waals surface area contributed by atoms with Crippen LogP contribution >= 0.6 is 0 Å². The van der Waals surface area contributed by atoms with Crippen molar-refractivity contribution in [1.29, 1.82) is 0 Å². The Morgan fingerprint density at radius 2 is 2.09 bits per heavy atom. The first-order valence-electron chi connectivity index (χ1n) is 7.39. The lowest BCUT2D eigenvalue weighted by molar-refractivity contribution is -0.170. The van der Waals surface area contributed by atoms with Gasteiger partial charge in [0.2, 0.25) is 0 Å². The highest BCUT2D eigenvalue weighted by Gasteiger charge is 2.53. The SMILES string of the molecule is C=C=CCN1C(=O)[C@H](Oc2ccccc2)[C@@H]1[C@H](OC)C(C)=C=C. The summed E-state index contributed by atoms with van der Waals surface area (Å²) >= 11 is 0. The third-order valence-electron chi connectivity index (χ3n) is 3.90. The standard InChI is InChI=1S/C19H21NO3/c1-5-7-13-20-16(17(22-4)14(3)6-2)18(19(20)21)23-15-11-9-8-10-12-15/h7-12,16-18H,1-2,13H2,3-4H3/t16-,17+,18+/m0/s1. The van der Waals surface area contributed by atoms with Crippen LogP contribution in [0.1, 0.15) is 6.92 Å². The Hall–Kier alpha value is -2.51. The minimum Gasteiger partial charge on any atom is -0.478 e. The highest BCUT2D eigenvalue weighted by Crippen LogP contribution is 2.31. The minimum absolute atomic E-state index is 0.0794. The van der Waals surface area contributed by atoms with E-state index in [-0.39, 0.29) is 18.1 Å². The Morgan fingerprint density at radius 3 is 2.65 bits per heavy atom. The molecule has 1 aliphatic heterocycles. The molecule has 0 saturated carbocycles. The smallest absolute Gasteiger partial charge is 0.266 e. The van der Waals surface area contributed by atoms with Gasteiger partial charge in [-0.1, -0.05) is 31.4 Å². The predicted octanol–water partition coefficient (Wildman–Crippen LogP) is 2.73. The zero-order chi connectivity index (χ0) is 16.8. The molecular weight excluding hydrogens is 290 g/mol. The topological polar surface area (TPSA) is 38.8 Å². The van der Waals surface area contributed by atoms with Gasteiger partial charge in [-0.15, -0.1) is 11.5 Å². The van der Waals surface area contributed by atoms with Crippen molar-refractivity contribution in [3.05, 3.63) is 66.6 Å². The normalized spacial score (nSPS) is 20.8. The van der Waals surface area contributed by atoms with Crippen LogP contribution in [-0.4, -0.2) is 42.7 Å². The van der Waals surface area contributed by atoms with Crippen LogP contribution in [0, 0.1) is 0 Å². The van der Waals surface area contributed by atoms with Crippen molar-refractivity contribution < 1.29 is 14.3 Å². The number of para-hydroxylation sites is 1. The number of amides is 1. The van der Waals surface area contributed by atoms with E-state index in [9.17, 15) is 4.79 Å². The molecule has 1 aromatic rings. The second kappa shape index (κ2) is 7.66. The number of rotatable bonds is 7. The van der Waals surface area contributed by atoms with Gasteiger partial charge in [0.15, 0.2) is 6.10 Å². The molecule has 120 valence electrons. The van der Waals surface area contributed by atoms with E-state index in [1.54, 1.807) is 18.1 Å². The van der Waals surface area contributed by atoms with Gasteiger partial charge in [-0.3, -0.25) is 4.79 Å². The third-order valence-corrected chi connectivity index (χ3v) is 3.90. The van der Waals surface area contributed by atoms with E-state index in [1.807, 2.05) is 37.3 Å². The fourth-order valence-corrected chi connectivity index (χ4v) is 2.67. The van der Waals surface area contributed by atoms with E-state index in [0.29, 0.717) is 12.3 Å². The molecule has 1 aliphatic rings. The molecule has 1 fully saturated rings. The van der Waals surface area contributed by atoms with Gasteiger partial charge < -0.3 is 14.4 Å². The first-order chi connectivity index (χ1) is 11.1. The summed E-state index contributed by atoms with van der Waals surface area (Å²) in [6.45, 7) is 9.51. The number of β-lactam (4-membered cyclic amide) rings is 1. The second-order valence-electron chi connectivity index (χ2n) is 5.26. The number of nitrogens with zero attached hydrogens (tertiary/aromatic N) is 1. The zero-order valence-corrected chi connectivity index (χ0v) is 13.5. The fourth-order valence-electron chi connectivity index (χ4n) is 2.67. The molecule has 4 heteroatoms. The van der Waals surface area contributed by atoms with Gasteiger partial charge in [0.05, 0.1) is 0 Å². The molecule has 3 atom stereocenters. The molecule has 1 aromatic carbocycles. The van der Waals surface area contributed by atoms with Crippen molar-refractivity contribution in [3.8, 4) is 5.75 Å². The summed E-state index contributed by atoms with van der Waals surface area (Å²) in [6, 6.07) is 9.05.